The van der Waals surface area contributed by atoms with Crippen LogP contribution in [0.2, 0.25) is 0 Å². The highest BCUT2D eigenvalue weighted by Gasteiger charge is 2.18. The molecule has 0 heterocycles. The minimum atomic E-state index is -0.998. The summed E-state index contributed by atoms with van der Waals surface area (Å²) < 4.78 is 40.6. The van der Waals surface area contributed by atoms with Crippen LogP contribution in [0.5, 0.6) is 0 Å². The number of benzene rings is 2. The lowest BCUT2D eigenvalue weighted by Gasteiger charge is -2.08. The lowest BCUT2D eigenvalue weighted by Crippen LogP contribution is -2.16. The summed E-state index contributed by atoms with van der Waals surface area (Å²) in [5.74, 6) is -3.51. The van der Waals surface area contributed by atoms with Gasteiger partial charge in [0.1, 0.15) is 23.0 Å². The van der Waals surface area contributed by atoms with E-state index < -0.39 is 28.9 Å². The summed E-state index contributed by atoms with van der Waals surface area (Å²) in [6, 6.07) is 5.80. The van der Waals surface area contributed by atoms with Crippen molar-refractivity contribution in [2.45, 2.75) is 6.92 Å². The van der Waals surface area contributed by atoms with Crippen LogP contribution in [0.25, 0.3) is 0 Å². The summed E-state index contributed by atoms with van der Waals surface area (Å²) in [7, 11) is 0. The Labute approximate surface area is 121 Å². The molecule has 0 aliphatic heterocycles. The number of carbonyl (C=O) groups excluding carboxylic acids is 1. The van der Waals surface area contributed by atoms with Crippen molar-refractivity contribution in [3.8, 4) is 0 Å². The van der Waals surface area contributed by atoms with Gasteiger partial charge in [0.05, 0.1) is 0 Å². The number of anilines is 1. The quantitative estimate of drug-likeness (QED) is 0.858. The Morgan fingerprint density at radius 3 is 2.20 bits per heavy atom. The molecule has 6 heteroatoms. The van der Waals surface area contributed by atoms with E-state index in [1.54, 1.807) is 6.92 Å². The van der Waals surface area contributed by atoms with Gasteiger partial charge in [-0.2, -0.15) is 0 Å². The average molecular weight is 344 g/mol. The van der Waals surface area contributed by atoms with Gasteiger partial charge in [0.2, 0.25) is 0 Å². The Hall–Kier alpha value is -1.82. The Morgan fingerprint density at radius 1 is 1.05 bits per heavy atom. The third-order valence-electron chi connectivity index (χ3n) is 2.53. The fourth-order valence-electron chi connectivity index (χ4n) is 1.76. The lowest BCUT2D eigenvalue weighted by molar-refractivity contribution is 0.101. The van der Waals surface area contributed by atoms with E-state index >= 15 is 0 Å². The van der Waals surface area contributed by atoms with Crippen molar-refractivity contribution in [1.29, 1.82) is 0 Å². The van der Waals surface area contributed by atoms with Crippen molar-refractivity contribution in [2.75, 3.05) is 5.32 Å². The molecule has 104 valence electrons. The van der Waals surface area contributed by atoms with Gasteiger partial charge in [-0.1, -0.05) is 15.9 Å². The zero-order chi connectivity index (χ0) is 14.9. The van der Waals surface area contributed by atoms with Gasteiger partial charge < -0.3 is 5.32 Å². The van der Waals surface area contributed by atoms with Gasteiger partial charge in [-0.3, -0.25) is 4.79 Å². The SMILES string of the molecule is Cc1cc(F)cc(NC(=O)c2c(F)cc(Br)cc2F)c1. The van der Waals surface area contributed by atoms with Crippen LogP contribution in [0.3, 0.4) is 0 Å². The van der Waals surface area contributed by atoms with Gasteiger partial charge in [-0.05, 0) is 42.8 Å². The highest BCUT2D eigenvalue weighted by molar-refractivity contribution is 9.10. The molecule has 0 unspecified atom stereocenters. The van der Waals surface area contributed by atoms with Crippen molar-refractivity contribution in [3.05, 3.63) is 63.4 Å². The zero-order valence-corrected chi connectivity index (χ0v) is 11.9. The molecule has 2 nitrogen and oxygen atoms in total. The summed E-state index contributed by atoms with van der Waals surface area (Å²) in [6.07, 6.45) is 0. The van der Waals surface area contributed by atoms with Crippen LogP contribution in [0.1, 0.15) is 15.9 Å². The van der Waals surface area contributed by atoms with E-state index in [9.17, 15) is 18.0 Å². The summed E-state index contributed by atoms with van der Waals surface area (Å²) in [5, 5.41) is 2.27. The number of halogens is 4. The maximum absolute atomic E-state index is 13.6. The second-order valence-corrected chi connectivity index (χ2v) is 5.13. The molecule has 0 bridgehead atoms. The molecule has 20 heavy (non-hydrogen) atoms. The number of hydrogen-bond acceptors (Lipinski definition) is 1. The minimum Gasteiger partial charge on any atom is -0.322 e. The first-order chi connectivity index (χ1) is 9.36. The molecule has 0 fully saturated rings. The summed E-state index contributed by atoms with van der Waals surface area (Å²) in [5.41, 5.74) is 0.00128. The van der Waals surface area contributed by atoms with Crippen LogP contribution in [0.15, 0.2) is 34.8 Å². The third kappa shape index (κ3) is 3.19. The van der Waals surface area contributed by atoms with Gasteiger partial charge in [0.25, 0.3) is 5.91 Å². The molecule has 2 aromatic rings. The molecule has 1 amide bonds. The fourth-order valence-corrected chi connectivity index (χ4v) is 2.16. The summed E-state index contributed by atoms with van der Waals surface area (Å²) in [4.78, 5) is 11.9. The number of rotatable bonds is 2. The van der Waals surface area contributed by atoms with Crippen LogP contribution in [0, 0.1) is 24.4 Å². The first-order valence-corrected chi connectivity index (χ1v) is 6.39. The van der Waals surface area contributed by atoms with Gasteiger partial charge in [0, 0.05) is 10.2 Å². The van der Waals surface area contributed by atoms with Gasteiger partial charge in [-0.25, -0.2) is 13.2 Å². The molecule has 2 rings (SSSR count). The Kier molecular flexibility index (Phi) is 4.13. The van der Waals surface area contributed by atoms with Crippen molar-refractivity contribution < 1.29 is 18.0 Å². The van der Waals surface area contributed by atoms with E-state index in [4.69, 9.17) is 0 Å². The van der Waals surface area contributed by atoms with Crippen LogP contribution in [0.4, 0.5) is 18.9 Å². The smallest absolute Gasteiger partial charge is 0.261 e. The zero-order valence-electron chi connectivity index (χ0n) is 10.3. The molecule has 0 aliphatic carbocycles. The number of carbonyl (C=O) groups is 1. The van der Waals surface area contributed by atoms with Gasteiger partial charge in [0.15, 0.2) is 0 Å². The van der Waals surface area contributed by atoms with Crippen LogP contribution in [-0.4, -0.2) is 5.91 Å². The van der Waals surface area contributed by atoms with Gasteiger partial charge >= 0.3 is 0 Å². The van der Waals surface area contributed by atoms with Crippen LogP contribution < -0.4 is 5.32 Å². The van der Waals surface area contributed by atoms with E-state index in [0.29, 0.717) is 5.56 Å². The standard InChI is InChI=1S/C14H9BrF3NO/c1-7-2-9(16)6-10(3-7)19-14(20)13-11(17)4-8(15)5-12(13)18/h2-6H,1H3,(H,19,20). The van der Waals surface area contributed by atoms with E-state index in [0.717, 1.165) is 18.2 Å². The summed E-state index contributed by atoms with van der Waals surface area (Å²) >= 11 is 2.92. The van der Waals surface area contributed by atoms with E-state index in [1.165, 1.54) is 12.1 Å². The van der Waals surface area contributed by atoms with Crippen LogP contribution >= 0.6 is 15.9 Å². The molecule has 0 spiro atoms. The Morgan fingerprint density at radius 2 is 1.65 bits per heavy atom. The first kappa shape index (κ1) is 14.6. The maximum atomic E-state index is 13.6. The number of aryl methyl sites for hydroxylation is 1. The second kappa shape index (κ2) is 5.66. The molecule has 0 radical (unpaired) electrons. The van der Waals surface area contributed by atoms with Crippen molar-refractivity contribution in [3.63, 3.8) is 0 Å². The molecular formula is C14H9BrF3NO. The number of amides is 1. The van der Waals surface area contributed by atoms with Gasteiger partial charge in [-0.15, -0.1) is 0 Å². The molecule has 2 aromatic carbocycles. The fraction of sp³-hybridized carbons (Fsp3) is 0.0714. The van der Waals surface area contributed by atoms with E-state index in [2.05, 4.69) is 21.2 Å². The molecule has 0 saturated carbocycles. The molecular weight excluding hydrogens is 335 g/mol. The molecule has 0 aromatic heterocycles. The molecule has 1 N–H and O–H groups in total. The third-order valence-corrected chi connectivity index (χ3v) is 2.99. The van der Waals surface area contributed by atoms with E-state index in [-0.39, 0.29) is 10.2 Å². The predicted octanol–water partition coefficient (Wildman–Crippen LogP) is 4.43. The normalized spacial score (nSPS) is 10.4. The predicted molar refractivity (Wildman–Crippen MR) is 73.1 cm³/mol. The summed E-state index contributed by atoms with van der Waals surface area (Å²) in [6.45, 7) is 1.64. The highest BCUT2D eigenvalue weighted by atomic mass is 79.9. The largest absolute Gasteiger partial charge is 0.322 e. The lowest BCUT2D eigenvalue weighted by atomic mass is 10.1. The topological polar surface area (TPSA) is 29.1 Å². The minimum absolute atomic E-state index is 0.134. The van der Waals surface area contributed by atoms with Crippen LogP contribution in [-0.2, 0) is 0 Å². The Bertz CT molecular complexity index is 645. The average Bonchev–Trinajstić information content (AvgIpc) is 2.25. The van der Waals surface area contributed by atoms with Crippen molar-refractivity contribution in [1.82, 2.24) is 0 Å². The maximum Gasteiger partial charge on any atom is 0.261 e. The van der Waals surface area contributed by atoms with Crippen molar-refractivity contribution in [2.24, 2.45) is 0 Å². The Balaban J connectivity index is 2.33. The number of hydrogen-bond donors (Lipinski definition) is 1. The number of nitrogens with one attached hydrogen (secondary N) is 1. The molecule has 0 atom stereocenters. The van der Waals surface area contributed by atoms with Crippen molar-refractivity contribution >= 4 is 27.5 Å². The highest BCUT2D eigenvalue weighted by Crippen LogP contribution is 2.21. The molecule has 0 aliphatic rings. The van der Waals surface area contributed by atoms with E-state index in [1.807, 2.05) is 0 Å². The molecule has 0 saturated heterocycles. The second-order valence-electron chi connectivity index (χ2n) is 4.22. The monoisotopic (exact) mass is 343 g/mol. The first-order valence-electron chi connectivity index (χ1n) is 5.60.